The van der Waals surface area contributed by atoms with Gasteiger partial charge in [-0.1, -0.05) is 6.07 Å². The van der Waals surface area contributed by atoms with Gasteiger partial charge in [0, 0.05) is 35.5 Å². The standard InChI is InChI=1S/C24H19NO6.Na/c1-29-18-5-2-16(3-6-18)23(26)19(12-15-8-10-25-11-9-15)22(24(27)28)17-4-7-20-21(13-17)31-14-30-20;/h2-11,13H,12,14H2,1H3,(H,27,28);/q;+1/p-1/b22-19-;. The molecule has 0 unspecified atom stereocenters. The van der Waals surface area contributed by atoms with E-state index < -0.39 is 11.8 Å². The summed E-state index contributed by atoms with van der Waals surface area (Å²) < 4.78 is 15.8. The second kappa shape index (κ2) is 10.5. The minimum Gasteiger partial charge on any atom is -0.545 e. The van der Waals surface area contributed by atoms with E-state index in [4.69, 9.17) is 14.2 Å². The molecule has 3 aromatic rings. The van der Waals surface area contributed by atoms with Crippen LogP contribution in [0.25, 0.3) is 5.57 Å². The number of ether oxygens (including phenoxy) is 3. The van der Waals surface area contributed by atoms with Crippen molar-refractivity contribution in [1.82, 2.24) is 4.98 Å². The van der Waals surface area contributed by atoms with Crippen molar-refractivity contribution < 1.29 is 58.5 Å². The molecule has 0 atom stereocenters. The molecule has 1 aromatic heterocycles. The number of nitrogens with zero attached hydrogens (tertiary/aromatic N) is 1. The van der Waals surface area contributed by atoms with E-state index in [-0.39, 0.29) is 53.9 Å². The fourth-order valence-corrected chi connectivity index (χ4v) is 3.37. The number of methoxy groups -OCH3 is 1. The Bertz CT molecular complexity index is 1160. The summed E-state index contributed by atoms with van der Waals surface area (Å²) in [5.41, 5.74) is 1.28. The van der Waals surface area contributed by atoms with Crippen molar-refractivity contribution >= 4 is 17.3 Å². The number of fused-ring (bicyclic) bond motifs is 1. The van der Waals surface area contributed by atoms with Crippen molar-refractivity contribution in [3.63, 3.8) is 0 Å². The maximum absolute atomic E-state index is 13.4. The van der Waals surface area contributed by atoms with E-state index in [0.717, 1.165) is 5.56 Å². The second-order valence-electron chi connectivity index (χ2n) is 6.80. The molecule has 1 aliphatic rings. The summed E-state index contributed by atoms with van der Waals surface area (Å²) in [6, 6.07) is 14.7. The van der Waals surface area contributed by atoms with Gasteiger partial charge < -0.3 is 24.1 Å². The third-order valence-corrected chi connectivity index (χ3v) is 4.92. The van der Waals surface area contributed by atoms with E-state index in [1.165, 1.54) is 7.11 Å². The van der Waals surface area contributed by atoms with Crippen LogP contribution in [-0.2, 0) is 11.2 Å². The van der Waals surface area contributed by atoms with E-state index in [1.54, 1.807) is 67.0 Å². The Hall–Kier alpha value is -3.13. The molecule has 0 spiro atoms. The molecule has 0 N–H and O–H groups in total. The Labute approximate surface area is 206 Å². The van der Waals surface area contributed by atoms with Gasteiger partial charge in [-0.3, -0.25) is 9.78 Å². The van der Waals surface area contributed by atoms with Crippen LogP contribution < -0.4 is 48.9 Å². The Balaban J connectivity index is 0.00000289. The average molecular weight is 439 g/mol. The van der Waals surface area contributed by atoms with E-state index in [9.17, 15) is 14.7 Å². The quantitative estimate of drug-likeness (QED) is 0.277. The zero-order valence-electron chi connectivity index (χ0n) is 17.7. The van der Waals surface area contributed by atoms with Crippen LogP contribution in [0.3, 0.4) is 0 Å². The molecule has 1 aliphatic heterocycles. The molecule has 156 valence electrons. The molecule has 0 radical (unpaired) electrons. The van der Waals surface area contributed by atoms with E-state index in [1.807, 2.05) is 0 Å². The van der Waals surface area contributed by atoms with Crippen molar-refractivity contribution in [1.29, 1.82) is 0 Å². The number of hydrogen-bond acceptors (Lipinski definition) is 7. The number of carbonyl (C=O) groups is 2. The molecule has 0 bridgehead atoms. The number of pyridine rings is 1. The summed E-state index contributed by atoms with van der Waals surface area (Å²) in [6.07, 6.45) is 3.26. The summed E-state index contributed by atoms with van der Waals surface area (Å²) in [6.45, 7) is 0.0534. The Morgan fingerprint density at radius 2 is 1.62 bits per heavy atom. The number of carboxylic acids is 1. The van der Waals surface area contributed by atoms with Crippen LogP contribution in [-0.4, -0.2) is 30.6 Å². The van der Waals surface area contributed by atoms with Crippen LogP contribution in [0.15, 0.2) is 72.6 Å². The topological polar surface area (TPSA) is 97.8 Å². The first kappa shape index (κ1) is 23.5. The van der Waals surface area contributed by atoms with Gasteiger partial charge in [0.05, 0.1) is 13.1 Å². The van der Waals surface area contributed by atoms with Crippen molar-refractivity contribution in [3.8, 4) is 17.2 Å². The number of ketones is 1. The molecule has 0 aliphatic carbocycles. The van der Waals surface area contributed by atoms with Gasteiger partial charge >= 0.3 is 29.6 Å². The van der Waals surface area contributed by atoms with E-state index in [2.05, 4.69) is 4.98 Å². The van der Waals surface area contributed by atoms with Crippen LogP contribution in [0.5, 0.6) is 17.2 Å². The normalized spacial score (nSPS) is 12.4. The summed E-state index contributed by atoms with van der Waals surface area (Å²) in [4.78, 5) is 29.7. The van der Waals surface area contributed by atoms with Crippen molar-refractivity contribution in [3.05, 3.63) is 89.3 Å². The molecule has 0 saturated heterocycles. The molecule has 4 rings (SSSR count). The monoisotopic (exact) mass is 439 g/mol. The minimum absolute atomic E-state index is 0. The van der Waals surface area contributed by atoms with E-state index >= 15 is 0 Å². The fraction of sp³-hybridized carbons (Fsp3) is 0.125. The number of rotatable bonds is 7. The van der Waals surface area contributed by atoms with Gasteiger partial charge in [0.1, 0.15) is 5.75 Å². The number of hydrogen-bond donors (Lipinski definition) is 0. The first-order valence-electron chi connectivity index (χ1n) is 9.49. The van der Waals surface area contributed by atoms with Crippen molar-refractivity contribution in [2.75, 3.05) is 13.9 Å². The first-order valence-corrected chi connectivity index (χ1v) is 9.49. The predicted molar refractivity (Wildman–Crippen MR) is 110 cm³/mol. The van der Waals surface area contributed by atoms with Crippen molar-refractivity contribution in [2.24, 2.45) is 0 Å². The van der Waals surface area contributed by atoms with E-state index in [0.29, 0.717) is 28.4 Å². The van der Waals surface area contributed by atoms with Gasteiger partial charge in [0.2, 0.25) is 6.79 Å². The molecular weight excluding hydrogens is 421 g/mol. The summed E-state index contributed by atoms with van der Waals surface area (Å²) in [5, 5.41) is 12.2. The molecule has 0 saturated carbocycles. The van der Waals surface area contributed by atoms with Gasteiger partial charge in [0.25, 0.3) is 0 Å². The zero-order valence-corrected chi connectivity index (χ0v) is 19.7. The Morgan fingerprint density at radius 3 is 2.28 bits per heavy atom. The SMILES string of the molecule is COc1ccc(C(=O)/C(Cc2ccncc2)=C(\C(=O)[O-])c2ccc3c(c2)OCO3)cc1.[Na+]. The third kappa shape index (κ3) is 5.02. The van der Waals surface area contributed by atoms with Crippen LogP contribution in [0.2, 0.25) is 0 Å². The van der Waals surface area contributed by atoms with Gasteiger partial charge in [-0.2, -0.15) is 0 Å². The average Bonchev–Trinajstić information content (AvgIpc) is 3.27. The third-order valence-electron chi connectivity index (χ3n) is 4.92. The van der Waals surface area contributed by atoms with Crippen LogP contribution in [0, 0.1) is 0 Å². The number of Topliss-reactive ketones (excluding diaryl/α,β-unsaturated/α-hetero) is 1. The van der Waals surface area contributed by atoms with Gasteiger partial charge in [-0.25, -0.2) is 0 Å². The number of carbonyl (C=O) groups excluding carboxylic acids is 2. The van der Waals surface area contributed by atoms with Crippen LogP contribution in [0.4, 0.5) is 0 Å². The summed E-state index contributed by atoms with van der Waals surface area (Å²) in [7, 11) is 1.53. The first-order chi connectivity index (χ1) is 15.1. The van der Waals surface area contributed by atoms with Crippen LogP contribution >= 0.6 is 0 Å². The maximum atomic E-state index is 13.4. The molecule has 32 heavy (non-hydrogen) atoms. The van der Waals surface area contributed by atoms with Crippen LogP contribution in [0.1, 0.15) is 21.5 Å². The van der Waals surface area contributed by atoms with Gasteiger partial charge in [-0.05, 0) is 59.7 Å². The molecule has 0 fully saturated rings. The number of aliphatic carboxylic acids is 1. The summed E-state index contributed by atoms with van der Waals surface area (Å²) in [5.74, 6) is -0.358. The summed E-state index contributed by atoms with van der Waals surface area (Å²) >= 11 is 0. The molecule has 2 heterocycles. The van der Waals surface area contributed by atoms with Crippen molar-refractivity contribution in [2.45, 2.75) is 6.42 Å². The van der Waals surface area contributed by atoms with Gasteiger partial charge in [0.15, 0.2) is 17.3 Å². The fourth-order valence-electron chi connectivity index (χ4n) is 3.37. The Morgan fingerprint density at radius 1 is 0.969 bits per heavy atom. The number of aromatic nitrogens is 1. The minimum atomic E-state index is -1.45. The predicted octanol–water partition coefficient (Wildman–Crippen LogP) is -0.548. The maximum Gasteiger partial charge on any atom is 1.00 e. The number of benzene rings is 2. The number of allylic oxidation sites excluding steroid dienone is 1. The smallest absolute Gasteiger partial charge is 0.545 e. The van der Waals surface area contributed by atoms with Gasteiger partial charge in [-0.15, -0.1) is 0 Å². The molecule has 0 amide bonds. The molecule has 7 nitrogen and oxygen atoms in total. The molecule has 8 heteroatoms. The molecule has 2 aromatic carbocycles. The zero-order chi connectivity index (χ0) is 21.8. The number of carboxylic acid groups (broad SMARTS) is 1. The molecular formula is C24H18NNaO6. The second-order valence-corrected chi connectivity index (χ2v) is 6.80. The Kier molecular flexibility index (Phi) is 7.69. The largest absolute Gasteiger partial charge is 1.00 e.